The molecule has 25 heavy (non-hydrogen) atoms. The van der Waals surface area contributed by atoms with Gasteiger partial charge in [-0.05, 0) is 37.8 Å². The smallest absolute Gasteiger partial charge is 0.254 e. The zero-order chi connectivity index (χ0) is 17.2. The van der Waals surface area contributed by atoms with E-state index in [1.54, 1.807) is 18.6 Å². The molecule has 1 aliphatic carbocycles. The average Bonchev–Trinajstić information content (AvgIpc) is 3.48. The summed E-state index contributed by atoms with van der Waals surface area (Å²) in [7, 11) is 0. The fourth-order valence-corrected chi connectivity index (χ4v) is 3.57. The summed E-state index contributed by atoms with van der Waals surface area (Å²) >= 11 is 0. The molecule has 130 valence electrons. The van der Waals surface area contributed by atoms with E-state index in [-0.39, 0.29) is 11.5 Å². The first kappa shape index (κ1) is 15.8. The minimum atomic E-state index is -0.246. The molecule has 0 atom stereocenters. The van der Waals surface area contributed by atoms with Crippen LogP contribution in [0.3, 0.4) is 0 Å². The minimum absolute atomic E-state index is 0.0652. The Morgan fingerprint density at radius 1 is 1.16 bits per heavy atom. The van der Waals surface area contributed by atoms with Gasteiger partial charge in [-0.15, -0.1) is 0 Å². The van der Waals surface area contributed by atoms with E-state index in [0.717, 1.165) is 18.7 Å². The van der Waals surface area contributed by atoms with Crippen molar-refractivity contribution < 1.29 is 4.79 Å². The van der Waals surface area contributed by atoms with Crippen LogP contribution in [0.4, 0.5) is 5.82 Å². The molecule has 0 spiro atoms. The first-order chi connectivity index (χ1) is 12.2. The number of hydrogen-bond donors (Lipinski definition) is 1. The number of carbonyl (C=O) groups excluding carboxylic acids is 1. The summed E-state index contributed by atoms with van der Waals surface area (Å²) in [6, 6.07) is 5.95. The second-order valence-electron chi connectivity index (χ2n) is 6.67. The molecule has 1 saturated heterocycles. The Balaban J connectivity index is 1.44. The van der Waals surface area contributed by atoms with Crippen LogP contribution in [0.1, 0.15) is 36.0 Å². The number of rotatable bonds is 4. The van der Waals surface area contributed by atoms with Gasteiger partial charge in [-0.2, -0.15) is 0 Å². The van der Waals surface area contributed by atoms with Crippen LogP contribution in [0.2, 0.25) is 0 Å². The summed E-state index contributed by atoms with van der Waals surface area (Å²) in [5, 5.41) is 0. The Labute approximate surface area is 145 Å². The van der Waals surface area contributed by atoms with Gasteiger partial charge in [-0.1, -0.05) is 0 Å². The summed E-state index contributed by atoms with van der Waals surface area (Å²) in [5.74, 6) is 0.918. The third-order valence-corrected chi connectivity index (χ3v) is 4.94. The van der Waals surface area contributed by atoms with Crippen molar-refractivity contribution in [2.24, 2.45) is 0 Å². The van der Waals surface area contributed by atoms with Crippen molar-refractivity contribution in [3.05, 3.63) is 52.8 Å². The molecule has 3 heterocycles. The molecule has 0 radical (unpaired) electrons. The van der Waals surface area contributed by atoms with Crippen LogP contribution in [0, 0.1) is 0 Å². The average molecular weight is 339 g/mol. The van der Waals surface area contributed by atoms with Gasteiger partial charge < -0.3 is 14.8 Å². The van der Waals surface area contributed by atoms with Gasteiger partial charge in [-0.25, -0.2) is 9.97 Å². The number of nitrogens with zero attached hydrogens (tertiary/aromatic N) is 4. The minimum Gasteiger partial charge on any atom is -0.350 e. The highest BCUT2D eigenvalue weighted by molar-refractivity contribution is 5.94. The molecular formula is C18H21N5O2. The number of aromatic nitrogens is 3. The van der Waals surface area contributed by atoms with Gasteiger partial charge in [-0.3, -0.25) is 9.59 Å². The van der Waals surface area contributed by atoms with Crippen molar-refractivity contribution >= 4 is 11.7 Å². The van der Waals surface area contributed by atoms with Crippen LogP contribution >= 0.6 is 0 Å². The zero-order valence-corrected chi connectivity index (χ0v) is 14.0. The van der Waals surface area contributed by atoms with Gasteiger partial charge in [0.1, 0.15) is 12.1 Å². The lowest BCUT2D eigenvalue weighted by Crippen LogP contribution is -2.48. The van der Waals surface area contributed by atoms with E-state index in [1.807, 2.05) is 11.0 Å². The number of amides is 1. The third kappa shape index (κ3) is 3.40. The van der Waals surface area contributed by atoms with Crippen molar-refractivity contribution in [2.45, 2.75) is 37.8 Å². The molecule has 2 aromatic heterocycles. The van der Waals surface area contributed by atoms with Crippen molar-refractivity contribution in [3.63, 3.8) is 0 Å². The van der Waals surface area contributed by atoms with Crippen LogP contribution in [-0.4, -0.2) is 50.9 Å². The molecule has 7 nitrogen and oxygen atoms in total. The molecule has 0 unspecified atom stereocenters. The molecule has 1 saturated carbocycles. The predicted molar refractivity (Wildman–Crippen MR) is 93.5 cm³/mol. The largest absolute Gasteiger partial charge is 0.350 e. The van der Waals surface area contributed by atoms with Crippen LogP contribution in [0.25, 0.3) is 0 Å². The molecule has 0 aromatic carbocycles. The van der Waals surface area contributed by atoms with Gasteiger partial charge in [0, 0.05) is 49.2 Å². The van der Waals surface area contributed by atoms with Crippen LogP contribution in [0.15, 0.2) is 41.7 Å². The predicted octanol–water partition coefficient (Wildman–Crippen LogP) is 1.44. The number of hydrogen-bond acceptors (Lipinski definition) is 5. The highest BCUT2D eigenvalue weighted by Crippen LogP contribution is 2.35. The Hall–Kier alpha value is -2.70. The van der Waals surface area contributed by atoms with E-state index in [2.05, 4.69) is 19.9 Å². The van der Waals surface area contributed by atoms with Gasteiger partial charge in [0.05, 0.1) is 0 Å². The van der Waals surface area contributed by atoms with E-state index in [9.17, 15) is 9.59 Å². The molecule has 7 heteroatoms. The summed E-state index contributed by atoms with van der Waals surface area (Å²) in [6.45, 7) is 1.40. The first-order valence-electron chi connectivity index (χ1n) is 8.75. The van der Waals surface area contributed by atoms with Crippen LogP contribution < -0.4 is 10.5 Å². The molecular weight excluding hydrogens is 318 g/mol. The van der Waals surface area contributed by atoms with E-state index >= 15 is 0 Å². The van der Waals surface area contributed by atoms with Gasteiger partial charge in [0.2, 0.25) is 5.56 Å². The van der Waals surface area contributed by atoms with Crippen molar-refractivity contribution in [1.29, 1.82) is 0 Å². The van der Waals surface area contributed by atoms with E-state index in [0.29, 0.717) is 30.7 Å². The quantitative estimate of drug-likeness (QED) is 0.911. The highest BCUT2D eigenvalue weighted by atomic mass is 16.2. The Morgan fingerprint density at radius 2 is 1.92 bits per heavy atom. The molecule has 1 amide bonds. The first-order valence-corrected chi connectivity index (χ1v) is 8.75. The van der Waals surface area contributed by atoms with Crippen molar-refractivity contribution in [1.82, 2.24) is 19.9 Å². The summed E-state index contributed by atoms with van der Waals surface area (Å²) in [4.78, 5) is 39.2. The number of nitrogens with one attached hydrogen (secondary N) is 1. The summed E-state index contributed by atoms with van der Waals surface area (Å²) in [5.41, 5.74) is 0.210. The lowest BCUT2D eigenvalue weighted by atomic mass is 10.0. The molecule has 0 bridgehead atoms. The number of H-pyrrole nitrogens is 1. The maximum atomic E-state index is 12.6. The fourth-order valence-electron chi connectivity index (χ4n) is 3.57. The van der Waals surface area contributed by atoms with Crippen LogP contribution in [0.5, 0.6) is 0 Å². The number of likely N-dealkylation sites (tertiary alicyclic amines) is 1. The number of piperidine rings is 1. The Bertz CT molecular complexity index is 794. The molecule has 1 N–H and O–H groups in total. The molecule has 1 aliphatic heterocycles. The second-order valence-corrected chi connectivity index (χ2v) is 6.67. The lowest BCUT2D eigenvalue weighted by molar-refractivity contribution is 0.0711. The van der Waals surface area contributed by atoms with E-state index in [4.69, 9.17) is 0 Å². The van der Waals surface area contributed by atoms with Gasteiger partial charge in [0.15, 0.2) is 0 Å². The molecule has 2 fully saturated rings. The fraction of sp³-hybridized carbons (Fsp3) is 0.444. The molecule has 2 aromatic rings. The summed E-state index contributed by atoms with van der Waals surface area (Å²) < 4.78 is 0. The van der Waals surface area contributed by atoms with Crippen molar-refractivity contribution in [3.8, 4) is 0 Å². The number of pyridine rings is 1. The maximum absolute atomic E-state index is 12.6. The van der Waals surface area contributed by atoms with Gasteiger partial charge >= 0.3 is 0 Å². The lowest BCUT2D eigenvalue weighted by Gasteiger charge is -2.39. The van der Waals surface area contributed by atoms with E-state index in [1.165, 1.54) is 25.1 Å². The number of anilines is 1. The number of aromatic amines is 1. The Kier molecular flexibility index (Phi) is 4.21. The van der Waals surface area contributed by atoms with Gasteiger partial charge in [0.25, 0.3) is 5.91 Å². The van der Waals surface area contributed by atoms with E-state index < -0.39 is 0 Å². The highest BCUT2D eigenvalue weighted by Gasteiger charge is 2.37. The molecule has 2 aliphatic rings. The Morgan fingerprint density at radius 3 is 2.56 bits per heavy atom. The molecule has 4 rings (SSSR count). The van der Waals surface area contributed by atoms with Crippen LogP contribution in [-0.2, 0) is 0 Å². The SMILES string of the molecule is O=C(c1cc[nH]c(=O)c1)N1CCC(N(c2ccncn2)C2CC2)CC1. The monoisotopic (exact) mass is 339 g/mol. The summed E-state index contributed by atoms with van der Waals surface area (Å²) in [6.07, 6.45) is 9.13. The second kappa shape index (κ2) is 6.66. The third-order valence-electron chi connectivity index (χ3n) is 4.94. The zero-order valence-electron chi connectivity index (χ0n) is 14.0. The number of carbonyl (C=O) groups is 1. The van der Waals surface area contributed by atoms with Crippen molar-refractivity contribution in [2.75, 3.05) is 18.0 Å². The normalized spacial score (nSPS) is 18.2. The topological polar surface area (TPSA) is 82.2 Å². The standard InChI is InChI=1S/C18H21N5O2/c24-17-11-13(3-8-20-17)18(25)22-9-5-15(6-10-22)23(14-1-2-14)16-4-7-19-12-21-16/h3-4,7-8,11-12,14-15H,1-2,5-6,9-10H2,(H,20,24). The maximum Gasteiger partial charge on any atom is 0.254 e.